The Kier molecular flexibility index (Phi) is 5.22. The topological polar surface area (TPSA) is 90.2 Å². The summed E-state index contributed by atoms with van der Waals surface area (Å²) in [4.78, 5) is 4.95. The van der Waals surface area contributed by atoms with Crippen LogP contribution in [0.5, 0.6) is 0 Å². The third-order valence-corrected chi connectivity index (χ3v) is 7.05. The van der Waals surface area contributed by atoms with Crippen molar-refractivity contribution < 1.29 is 13.2 Å². The number of aromatic nitrogens is 4. The SMILES string of the molecule is CCCCn1c(-c2csnn2)nc2cc(S(=O)(=O)N3CCOCC3)ccc21. The average Bonchev–Trinajstić information content (AvgIpc) is 3.34. The Balaban J connectivity index is 1.78. The first kappa shape index (κ1) is 18.5. The maximum absolute atomic E-state index is 12.9. The molecule has 0 spiro atoms. The summed E-state index contributed by atoms with van der Waals surface area (Å²) in [5.74, 6) is 0.730. The molecule has 4 rings (SSSR count). The van der Waals surface area contributed by atoms with E-state index in [0.717, 1.165) is 30.7 Å². The van der Waals surface area contributed by atoms with Crippen LogP contribution in [0, 0.1) is 0 Å². The van der Waals surface area contributed by atoms with Gasteiger partial charge in [0, 0.05) is 25.0 Å². The third-order valence-electron chi connectivity index (χ3n) is 4.65. The zero-order valence-electron chi connectivity index (χ0n) is 15.0. The number of unbranched alkanes of at least 4 members (excludes halogenated alkanes) is 1. The molecule has 0 unspecified atom stereocenters. The highest BCUT2D eigenvalue weighted by atomic mass is 32.2. The Morgan fingerprint density at radius 2 is 2.07 bits per heavy atom. The number of benzene rings is 1. The van der Waals surface area contributed by atoms with Crippen molar-refractivity contribution >= 4 is 32.6 Å². The van der Waals surface area contributed by atoms with E-state index >= 15 is 0 Å². The molecule has 1 aromatic carbocycles. The highest BCUT2D eigenvalue weighted by molar-refractivity contribution is 7.89. The number of fused-ring (bicyclic) bond motifs is 1. The van der Waals surface area contributed by atoms with Crippen molar-refractivity contribution in [2.24, 2.45) is 0 Å². The molecule has 0 atom stereocenters. The van der Waals surface area contributed by atoms with E-state index in [1.54, 1.807) is 12.1 Å². The molecule has 0 bridgehead atoms. The molecule has 1 aliphatic heterocycles. The zero-order valence-corrected chi connectivity index (χ0v) is 16.7. The second-order valence-corrected chi connectivity index (χ2v) is 8.95. The van der Waals surface area contributed by atoms with Crippen LogP contribution in [0.2, 0.25) is 0 Å². The molecular weight excluding hydrogens is 386 g/mol. The Bertz CT molecular complexity index is 1020. The minimum absolute atomic E-state index is 0.264. The quantitative estimate of drug-likeness (QED) is 0.623. The van der Waals surface area contributed by atoms with Crippen LogP contribution >= 0.6 is 11.5 Å². The predicted octanol–water partition coefficient (Wildman–Crippen LogP) is 2.38. The fourth-order valence-electron chi connectivity index (χ4n) is 3.21. The molecule has 27 heavy (non-hydrogen) atoms. The Hall–Kier alpha value is -1.88. The van der Waals surface area contributed by atoms with Gasteiger partial charge in [-0.25, -0.2) is 13.4 Å². The number of hydrogen-bond acceptors (Lipinski definition) is 7. The van der Waals surface area contributed by atoms with Crippen molar-refractivity contribution in [1.82, 2.24) is 23.4 Å². The number of nitrogens with zero attached hydrogens (tertiary/aromatic N) is 5. The molecule has 1 saturated heterocycles. The minimum Gasteiger partial charge on any atom is -0.379 e. The van der Waals surface area contributed by atoms with Gasteiger partial charge in [0.1, 0.15) is 5.69 Å². The summed E-state index contributed by atoms with van der Waals surface area (Å²) >= 11 is 1.27. The summed E-state index contributed by atoms with van der Waals surface area (Å²) in [6.07, 6.45) is 2.06. The second kappa shape index (κ2) is 7.63. The molecular formula is C17H21N5O3S2. The standard InChI is InChI=1S/C17H21N5O3S2/c1-2-3-6-22-16-5-4-13(27(23,24)21-7-9-25-10-8-21)11-14(16)18-17(22)15-12-26-20-19-15/h4-5,11-12H,2-3,6-10H2,1H3. The van der Waals surface area contributed by atoms with Crippen LogP contribution in [0.4, 0.5) is 0 Å². The average molecular weight is 408 g/mol. The van der Waals surface area contributed by atoms with Crippen LogP contribution in [0.1, 0.15) is 19.8 Å². The lowest BCUT2D eigenvalue weighted by Gasteiger charge is -2.26. The van der Waals surface area contributed by atoms with E-state index in [2.05, 4.69) is 26.1 Å². The monoisotopic (exact) mass is 407 g/mol. The first-order valence-electron chi connectivity index (χ1n) is 8.97. The summed E-state index contributed by atoms with van der Waals surface area (Å²) < 4.78 is 38.6. The summed E-state index contributed by atoms with van der Waals surface area (Å²) in [5.41, 5.74) is 2.28. The molecule has 2 aromatic heterocycles. The first-order chi connectivity index (χ1) is 13.1. The summed E-state index contributed by atoms with van der Waals surface area (Å²) in [6, 6.07) is 5.17. The van der Waals surface area contributed by atoms with Gasteiger partial charge in [-0.2, -0.15) is 4.31 Å². The van der Waals surface area contributed by atoms with Crippen LogP contribution in [0.25, 0.3) is 22.6 Å². The normalized spacial score (nSPS) is 16.2. The van der Waals surface area contributed by atoms with Crippen molar-refractivity contribution in [1.29, 1.82) is 0 Å². The molecule has 1 fully saturated rings. The van der Waals surface area contributed by atoms with Crippen LogP contribution < -0.4 is 0 Å². The predicted molar refractivity (Wildman–Crippen MR) is 103 cm³/mol. The second-order valence-electron chi connectivity index (χ2n) is 6.40. The van der Waals surface area contributed by atoms with Gasteiger partial charge in [0.25, 0.3) is 0 Å². The Labute approximate surface area is 162 Å². The number of ether oxygens (including phenoxy) is 1. The number of hydrogen-bond donors (Lipinski definition) is 0. The van der Waals surface area contributed by atoms with Crippen molar-refractivity contribution in [3.8, 4) is 11.5 Å². The highest BCUT2D eigenvalue weighted by Gasteiger charge is 2.27. The van der Waals surface area contributed by atoms with Gasteiger partial charge < -0.3 is 9.30 Å². The van der Waals surface area contributed by atoms with Gasteiger partial charge in [-0.1, -0.05) is 17.8 Å². The number of sulfonamides is 1. The largest absolute Gasteiger partial charge is 0.379 e. The minimum atomic E-state index is -3.55. The van der Waals surface area contributed by atoms with Crippen molar-refractivity contribution in [2.45, 2.75) is 31.2 Å². The van der Waals surface area contributed by atoms with Gasteiger partial charge in [-0.05, 0) is 36.2 Å². The van der Waals surface area contributed by atoms with Gasteiger partial charge in [0.05, 0.1) is 29.1 Å². The molecule has 3 aromatic rings. The van der Waals surface area contributed by atoms with Gasteiger partial charge in [-0.15, -0.1) is 5.10 Å². The van der Waals surface area contributed by atoms with Crippen molar-refractivity contribution in [2.75, 3.05) is 26.3 Å². The molecule has 0 radical (unpaired) electrons. The lowest BCUT2D eigenvalue weighted by atomic mass is 10.3. The van der Waals surface area contributed by atoms with E-state index < -0.39 is 10.0 Å². The summed E-state index contributed by atoms with van der Waals surface area (Å²) in [6.45, 7) is 4.54. The van der Waals surface area contributed by atoms with E-state index in [4.69, 9.17) is 4.74 Å². The highest BCUT2D eigenvalue weighted by Crippen LogP contribution is 2.28. The lowest BCUT2D eigenvalue weighted by molar-refractivity contribution is 0.0730. The molecule has 3 heterocycles. The van der Waals surface area contributed by atoms with Gasteiger partial charge >= 0.3 is 0 Å². The number of morpholine rings is 1. The van der Waals surface area contributed by atoms with Crippen molar-refractivity contribution in [3.05, 3.63) is 23.6 Å². The summed E-state index contributed by atoms with van der Waals surface area (Å²) in [5, 5.41) is 6.00. The van der Waals surface area contributed by atoms with Gasteiger partial charge in [0.2, 0.25) is 10.0 Å². The Morgan fingerprint density at radius 3 is 2.78 bits per heavy atom. The molecule has 1 aliphatic rings. The molecule has 0 saturated carbocycles. The van der Waals surface area contributed by atoms with E-state index in [1.807, 2.05) is 11.4 Å². The van der Waals surface area contributed by atoms with Crippen LogP contribution in [0.15, 0.2) is 28.5 Å². The van der Waals surface area contributed by atoms with Gasteiger partial charge in [-0.3, -0.25) is 0 Å². The van der Waals surface area contributed by atoms with Crippen LogP contribution in [0.3, 0.4) is 0 Å². The third kappa shape index (κ3) is 3.49. The fraction of sp³-hybridized carbons (Fsp3) is 0.471. The molecule has 0 aliphatic carbocycles. The van der Waals surface area contributed by atoms with E-state index in [1.165, 1.54) is 15.8 Å². The van der Waals surface area contributed by atoms with Gasteiger partial charge in [0.15, 0.2) is 5.82 Å². The van der Waals surface area contributed by atoms with Crippen molar-refractivity contribution in [3.63, 3.8) is 0 Å². The smallest absolute Gasteiger partial charge is 0.243 e. The first-order valence-corrected chi connectivity index (χ1v) is 11.2. The molecule has 0 N–H and O–H groups in total. The Morgan fingerprint density at radius 1 is 1.26 bits per heavy atom. The van der Waals surface area contributed by atoms with E-state index in [-0.39, 0.29) is 4.90 Å². The number of aryl methyl sites for hydroxylation is 1. The van der Waals surface area contributed by atoms with Crippen LogP contribution in [-0.2, 0) is 21.3 Å². The number of rotatable bonds is 6. The fourth-order valence-corrected chi connectivity index (χ4v) is 5.07. The van der Waals surface area contributed by atoms with E-state index in [0.29, 0.717) is 37.5 Å². The maximum Gasteiger partial charge on any atom is 0.243 e. The molecule has 10 heteroatoms. The summed E-state index contributed by atoms with van der Waals surface area (Å²) in [7, 11) is -3.55. The lowest BCUT2D eigenvalue weighted by Crippen LogP contribution is -2.40. The molecule has 0 amide bonds. The van der Waals surface area contributed by atoms with Crippen LogP contribution in [-0.4, -0.2) is 58.2 Å². The molecule has 8 nitrogen and oxygen atoms in total. The van der Waals surface area contributed by atoms with E-state index in [9.17, 15) is 8.42 Å². The number of imidazole rings is 1. The maximum atomic E-state index is 12.9. The zero-order chi connectivity index (χ0) is 18.9. The molecule has 144 valence electrons.